The van der Waals surface area contributed by atoms with Crippen molar-refractivity contribution < 1.29 is 20.3 Å². The normalized spacial score (nSPS) is 11.3. The average molecular weight is 797 g/mol. The summed E-state index contributed by atoms with van der Waals surface area (Å²) in [7, 11) is 0. The van der Waals surface area contributed by atoms with Crippen molar-refractivity contribution >= 4 is 0 Å². The maximum Gasteiger partial charge on any atom is 0.247 e. The maximum atomic E-state index is 11.8. The van der Waals surface area contributed by atoms with Crippen LogP contribution in [0.1, 0.15) is 256 Å². The molecular weight excluding hydrogens is 677 g/mol. The Labute approximate surface area is 350 Å². The highest BCUT2D eigenvalue weighted by atomic mass is 19.3. The molecule has 1 atom stereocenters. The first-order valence-corrected chi connectivity index (χ1v) is 21.9. The standard InChI is InChI=1S/2C6H14.C5H10F2.C5H11F.3C5H12.C4H9F.2C4H10.CH4/c2*1-4-5-6(2)3;1-4(2)5(3,6)7;1-4(2)5(3)6;3*1-4-5(2)3;1-4(2)3-5;2*1-4(2)3;/h2*6H,4-5H2,1-3H3;4H,1-3H3;4-5H,1-3H3;3*5H,4H2,1-3H3;4H,3H2,1-2H3;2*4H,1-3H3;1H4/i;;;;4D2;;;;;;. The van der Waals surface area contributed by atoms with E-state index in [1.54, 1.807) is 13.8 Å². The van der Waals surface area contributed by atoms with E-state index in [2.05, 4.69) is 125 Å². The Kier molecular flexibility index (Phi) is 89.3. The smallest absolute Gasteiger partial charge is 0.247 e. The van der Waals surface area contributed by atoms with Crippen molar-refractivity contribution in [1.29, 1.82) is 0 Å². The van der Waals surface area contributed by atoms with Gasteiger partial charge in [0.15, 0.2) is 0 Å². The van der Waals surface area contributed by atoms with Gasteiger partial charge in [0.05, 0.1) is 12.8 Å². The van der Waals surface area contributed by atoms with Crippen molar-refractivity contribution in [1.82, 2.24) is 0 Å². The molecule has 0 aromatic heterocycles. The zero-order valence-electron chi connectivity index (χ0n) is 44.8. The van der Waals surface area contributed by atoms with Crippen LogP contribution in [0.5, 0.6) is 0 Å². The molecule has 0 aliphatic carbocycles. The minimum absolute atomic E-state index is 0. The van der Waals surface area contributed by atoms with Gasteiger partial charge in [0.2, 0.25) is 5.92 Å². The molecule has 0 aromatic carbocycles. The topological polar surface area (TPSA) is 0 Å². The van der Waals surface area contributed by atoms with Gasteiger partial charge < -0.3 is 0 Å². The van der Waals surface area contributed by atoms with Crippen LogP contribution in [-0.4, -0.2) is 18.8 Å². The van der Waals surface area contributed by atoms with Gasteiger partial charge in [-0.1, -0.05) is 239 Å². The van der Waals surface area contributed by atoms with Gasteiger partial charge in [0, 0.05) is 8.66 Å². The largest absolute Gasteiger partial charge is 0.251 e. The van der Waals surface area contributed by atoms with Crippen LogP contribution in [0.2, 0.25) is 0 Å². The van der Waals surface area contributed by atoms with Crippen molar-refractivity contribution in [2.24, 2.45) is 59.2 Å². The first-order chi connectivity index (χ1) is 24.3. The molecule has 0 saturated heterocycles. The Morgan fingerprint density at radius 2 is 0.611 bits per heavy atom. The molecular formula is C50H118F4. The summed E-state index contributed by atoms with van der Waals surface area (Å²) in [5.41, 5.74) is 0. The minimum Gasteiger partial charge on any atom is -0.251 e. The van der Waals surface area contributed by atoms with E-state index in [0.29, 0.717) is 0 Å². The molecule has 0 bridgehead atoms. The van der Waals surface area contributed by atoms with Gasteiger partial charge in [0.1, 0.15) is 0 Å². The fourth-order valence-electron chi connectivity index (χ4n) is 1.15. The van der Waals surface area contributed by atoms with Crippen LogP contribution in [0.15, 0.2) is 0 Å². The number of rotatable bonds is 10. The first-order valence-electron chi connectivity index (χ1n) is 22.9. The van der Waals surface area contributed by atoms with Crippen LogP contribution < -0.4 is 0 Å². The zero-order chi connectivity index (χ0) is 47.3. The molecule has 0 N–H and O–H groups in total. The van der Waals surface area contributed by atoms with Gasteiger partial charge in [-0.2, -0.15) is 0 Å². The summed E-state index contributed by atoms with van der Waals surface area (Å²) in [4.78, 5) is 0. The third-order valence-corrected chi connectivity index (χ3v) is 6.18. The lowest BCUT2D eigenvalue weighted by atomic mass is 10.1. The lowest BCUT2D eigenvalue weighted by Gasteiger charge is -2.12. The summed E-state index contributed by atoms with van der Waals surface area (Å²) in [6.07, 6.45) is 6.38. The van der Waals surface area contributed by atoms with Crippen LogP contribution in [0, 0.1) is 59.2 Å². The van der Waals surface area contributed by atoms with Gasteiger partial charge in [-0.25, -0.2) is 13.2 Å². The Morgan fingerprint density at radius 3 is 0.611 bits per heavy atom. The minimum atomic E-state index is -2.50. The first kappa shape index (κ1) is 74.7. The third-order valence-electron chi connectivity index (χ3n) is 6.18. The highest BCUT2D eigenvalue weighted by molar-refractivity contribution is 4.61. The van der Waals surface area contributed by atoms with Gasteiger partial charge in [-0.15, -0.1) is 0 Å². The molecule has 0 aromatic rings. The number of halogens is 4. The highest BCUT2D eigenvalue weighted by Crippen LogP contribution is 2.21. The van der Waals surface area contributed by atoms with Crippen LogP contribution in [0.3, 0.4) is 0 Å². The molecule has 0 aliphatic rings. The van der Waals surface area contributed by atoms with Crippen molar-refractivity contribution in [3.05, 3.63) is 0 Å². The molecule has 0 nitrogen and oxygen atoms in total. The quantitative estimate of drug-likeness (QED) is 0.193. The number of alkyl halides is 4. The Morgan fingerprint density at radius 1 is 0.463 bits per heavy atom. The van der Waals surface area contributed by atoms with E-state index in [0.717, 1.165) is 42.4 Å². The van der Waals surface area contributed by atoms with E-state index in [4.69, 9.17) is 2.74 Å². The van der Waals surface area contributed by atoms with Crippen molar-refractivity contribution in [2.75, 3.05) is 6.67 Å². The molecule has 0 fully saturated rings. The maximum absolute atomic E-state index is 11.8. The van der Waals surface area contributed by atoms with E-state index in [-0.39, 0.29) is 31.9 Å². The molecule has 0 radical (unpaired) electrons. The number of hydrogen-bond acceptors (Lipinski definition) is 0. The van der Waals surface area contributed by atoms with E-state index < -0.39 is 24.4 Å². The summed E-state index contributed by atoms with van der Waals surface area (Å²) < 4.78 is 60.7. The fraction of sp³-hybridized carbons (Fsp3) is 1.00. The molecule has 0 rings (SSSR count). The SMILES string of the molecule is C.CC(C)C.CC(C)C.CC(C)C(C)(F)F.CC(C)C(C)F.CC(C)CF.CCC(C)C.CCC(C)C.CCCC(C)C.CCCC(C)C.[2H]C([2H])(C)C(C)C. The van der Waals surface area contributed by atoms with E-state index in [9.17, 15) is 17.6 Å². The summed E-state index contributed by atoms with van der Waals surface area (Å²) in [6.45, 7) is 57.8. The van der Waals surface area contributed by atoms with Crippen LogP contribution in [0.25, 0.3) is 0 Å². The molecule has 0 aliphatic heterocycles. The van der Waals surface area contributed by atoms with Gasteiger partial charge in [-0.3, -0.25) is 4.39 Å². The predicted octanol–water partition coefficient (Wildman–Crippen LogP) is 20.9. The molecule has 0 spiro atoms. The second-order valence-electron chi connectivity index (χ2n) is 18.5. The molecule has 0 amide bonds. The Balaban J connectivity index is -0.0000000448. The van der Waals surface area contributed by atoms with E-state index >= 15 is 0 Å². The molecule has 4 heteroatoms. The summed E-state index contributed by atoms with van der Waals surface area (Å²) in [6, 6.07) is 0. The second-order valence-corrected chi connectivity index (χ2v) is 18.5. The van der Waals surface area contributed by atoms with Crippen LogP contribution in [-0.2, 0) is 0 Å². The third kappa shape index (κ3) is 236. The Hall–Kier alpha value is -0.280. The summed E-state index contributed by atoms with van der Waals surface area (Å²) >= 11 is 0. The molecule has 1 unspecified atom stereocenters. The average Bonchev–Trinajstić information content (AvgIpc) is 2.97. The van der Waals surface area contributed by atoms with E-state index in [1.807, 2.05) is 41.5 Å². The van der Waals surface area contributed by atoms with Crippen molar-refractivity contribution in [3.63, 3.8) is 0 Å². The number of hydrogen-bond donors (Lipinski definition) is 0. The van der Waals surface area contributed by atoms with Gasteiger partial charge in [-0.05, 0) is 67.1 Å². The predicted molar refractivity (Wildman–Crippen MR) is 254 cm³/mol. The van der Waals surface area contributed by atoms with Gasteiger partial charge >= 0.3 is 0 Å². The molecule has 346 valence electrons. The highest BCUT2D eigenvalue weighted by Gasteiger charge is 2.25. The van der Waals surface area contributed by atoms with Gasteiger partial charge in [0.25, 0.3) is 0 Å². The van der Waals surface area contributed by atoms with E-state index in [1.165, 1.54) is 52.4 Å². The summed E-state index contributed by atoms with van der Waals surface area (Å²) in [5.74, 6) is 2.73. The molecule has 0 saturated carbocycles. The van der Waals surface area contributed by atoms with Crippen LogP contribution in [0.4, 0.5) is 17.6 Å². The zero-order valence-corrected chi connectivity index (χ0v) is 42.8. The Bertz CT molecular complexity index is 520. The van der Waals surface area contributed by atoms with Crippen molar-refractivity contribution in [3.8, 4) is 0 Å². The second kappa shape index (κ2) is 64.6. The molecule has 0 heterocycles. The van der Waals surface area contributed by atoms with Crippen LogP contribution >= 0.6 is 0 Å². The van der Waals surface area contributed by atoms with Crippen molar-refractivity contribution in [2.45, 2.75) is 265 Å². The molecule has 54 heavy (non-hydrogen) atoms. The monoisotopic (exact) mass is 797 g/mol. The lowest BCUT2D eigenvalue weighted by molar-refractivity contribution is -0.0251. The fourth-order valence-corrected chi connectivity index (χ4v) is 1.15. The lowest BCUT2D eigenvalue weighted by Crippen LogP contribution is -2.17. The summed E-state index contributed by atoms with van der Waals surface area (Å²) in [5, 5.41) is 0.